The first-order valence-corrected chi connectivity index (χ1v) is 5.84. The lowest BCUT2D eigenvalue weighted by atomic mass is 10.2. The fraction of sp³-hybridized carbons (Fsp3) is 0.133. The van der Waals surface area contributed by atoms with E-state index in [1.807, 2.05) is 49.3 Å². The third-order valence-electron chi connectivity index (χ3n) is 2.36. The molecule has 1 aromatic carbocycles. The van der Waals surface area contributed by atoms with Crippen molar-refractivity contribution in [1.29, 1.82) is 0 Å². The summed E-state index contributed by atoms with van der Waals surface area (Å²) in [6.07, 6.45) is 8.48. The fourth-order valence-corrected chi connectivity index (χ4v) is 1.35. The van der Waals surface area contributed by atoms with Gasteiger partial charge in [0.05, 0.1) is 6.34 Å². The standard InChI is InChI=1S/C15H18FN3/c1-19(2)15-8-6-13(7-9-15)4-3-5-14(16)10-11-18-12-17/h3-12H,1-2H3,(H2,17,18)/b4-3+,11-10-,14-5-. The summed E-state index contributed by atoms with van der Waals surface area (Å²) in [5, 5.41) is 0. The van der Waals surface area contributed by atoms with Crippen LogP contribution in [0.1, 0.15) is 5.56 Å². The van der Waals surface area contributed by atoms with Gasteiger partial charge in [0.15, 0.2) is 0 Å². The lowest BCUT2D eigenvalue weighted by Gasteiger charge is -2.11. The monoisotopic (exact) mass is 259 g/mol. The minimum atomic E-state index is -0.383. The Morgan fingerprint density at radius 1 is 1.26 bits per heavy atom. The number of halogens is 1. The smallest absolute Gasteiger partial charge is 0.124 e. The molecule has 3 nitrogen and oxygen atoms in total. The Labute approximate surface area is 113 Å². The Morgan fingerprint density at radius 3 is 2.53 bits per heavy atom. The molecule has 0 bridgehead atoms. The van der Waals surface area contributed by atoms with E-state index in [9.17, 15) is 4.39 Å². The van der Waals surface area contributed by atoms with Crippen molar-refractivity contribution in [1.82, 2.24) is 0 Å². The Kier molecular flexibility index (Phi) is 6.09. The normalized spacial score (nSPS) is 12.9. The maximum absolute atomic E-state index is 13.2. The Balaban J connectivity index is 2.64. The van der Waals surface area contributed by atoms with Gasteiger partial charge in [-0.15, -0.1) is 0 Å². The SMILES string of the molecule is CN(C)c1ccc(/C=C/C=C(F)/C=C\N=CN)cc1. The summed E-state index contributed by atoms with van der Waals surface area (Å²) < 4.78 is 13.2. The second-order valence-electron chi connectivity index (χ2n) is 4.01. The van der Waals surface area contributed by atoms with E-state index in [-0.39, 0.29) is 5.83 Å². The molecule has 0 saturated heterocycles. The fourth-order valence-electron chi connectivity index (χ4n) is 1.35. The Morgan fingerprint density at radius 2 is 1.95 bits per heavy atom. The number of hydrogen-bond donors (Lipinski definition) is 1. The molecule has 0 spiro atoms. The van der Waals surface area contributed by atoms with Gasteiger partial charge in [-0.3, -0.25) is 0 Å². The van der Waals surface area contributed by atoms with Gasteiger partial charge in [0.1, 0.15) is 5.83 Å². The van der Waals surface area contributed by atoms with Crippen LogP contribution in [-0.2, 0) is 0 Å². The predicted octanol–water partition coefficient (Wildman–Crippen LogP) is 3.12. The molecule has 0 aromatic heterocycles. The van der Waals surface area contributed by atoms with Crippen molar-refractivity contribution in [3.05, 3.63) is 60.1 Å². The number of nitrogens with two attached hydrogens (primary N) is 1. The molecule has 1 aromatic rings. The van der Waals surface area contributed by atoms with Crippen LogP contribution < -0.4 is 10.6 Å². The van der Waals surface area contributed by atoms with Crippen molar-refractivity contribution < 1.29 is 4.39 Å². The molecule has 0 radical (unpaired) electrons. The minimum Gasteiger partial charge on any atom is -0.390 e. The van der Waals surface area contributed by atoms with Crippen molar-refractivity contribution in [2.24, 2.45) is 10.7 Å². The number of benzene rings is 1. The summed E-state index contributed by atoms with van der Waals surface area (Å²) in [5.41, 5.74) is 7.16. The summed E-state index contributed by atoms with van der Waals surface area (Å²) in [6.45, 7) is 0. The topological polar surface area (TPSA) is 41.6 Å². The summed E-state index contributed by atoms with van der Waals surface area (Å²) in [5.74, 6) is -0.383. The molecule has 0 atom stereocenters. The number of rotatable bonds is 5. The molecule has 4 heteroatoms. The highest BCUT2D eigenvalue weighted by atomic mass is 19.1. The Bertz CT molecular complexity index is 497. The summed E-state index contributed by atoms with van der Waals surface area (Å²) in [6, 6.07) is 7.98. The number of aliphatic imine (C=N–C) groups is 1. The van der Waals surface area contributed by atoms with E-state index in [4.69, 9.17) is 5.73 Å². The van der Waals surface area contributed by atoms with Gasteiger partial charge >= 0.3 is 0 Å². The van der Waals surface area contributed by atoms with E-state index in [0.29, 0.717) is 0 Å². The van der Waals surface area contributed by atoms with Crippen LogP contribution in [-0.4, -0.2) is 20.4 Å². The molecule has 0 unspecified atom stereocenters. The van der Waals surface area contributed by atoms with Gasteiger partial charge in [0, 0.05) is 26.0 Å². The molecule has 19 heavy (non-hydrogen) atoms. The third kappa shape index (κ3) is 5.68. The van der Waals surface area contributed by atoms with Gasteiger partial charge in [-0.2, -0.15) is 0 Å². The highest BCUT2D eigenvalue weighted by Gasteiger charge is 1.93. The molecular weight excluding hydrogens is 241 g/mol. The lowest BCUT2D eigenvalue weighted by molar-refractivity contribution is 0.667. The first-order chi connectivity index (χ1) is 9.13. The zero-order valence-corrected chi connectivity index (χ0v) is 11.1. The first kappa shape index (κ1) is 14.7. The van der Waals surface area contributed by atoms with Crippen molar-refractivity contribution in [3.63, 3.8) is 0 Å². The number of anilines is 1. The van der Waals surface area contributed by atoms with E-state index in [1.54, 1.807) is 6.08 Å². The van der Waals surface area contributed by atoms with Crippen LogP contribution in [0, 0.1) is 0 Å². The number of hydrogen-bond acceptors (Lipinski definition) is 2. The van der Waals surface area contributed by atoms with Gasteiger partial charge in [0.25, 0.3) is 0 Å². The van der Waals surface area contributed by atoms with Crippen LogP contribution >= 0.6 is 0 Å². The summed E-state index contributed by atoms with van der Waals surface area (Å²) in [7, 11) is 3.97. The van der Waals surface area contributed by atoms with Crippen molar-refractivity contribution >= 4 is 18.1 Å². The van der Waals surface area contributed by atoms with E-state index < -0.39 is 0 Å². The van der Waals surface area contributed by atoms with Crippen LogP contribution in [0.25, 0.3) is 6.08 Å². The number of nitrogens with zero attached hydrogens (tertiary/aromatic N) is 2. The van der Waals surface area contributed by atoms with E-state index in [0.717, 1.165) is 17.6 Å². The molecule has 0 heterocycles. The largest absolute Gasteiger partial charge is 0.390 e. The molecule has 0 aliphatic carbocycles. The van der Waals surface area contributed by atoms with Gasteiger partial charge in [0.2, 0.25) is 0 Å². The molecule has 1 rings (SSSR count). The van der Waals surface area contributed by atoms with Gasteiger partial charge in [-0.05, 0) is 29.8 Å². The lowest BCUT2D eigenvalue weighted by Crippen LogP contribution is -2.07. The average molecular weight is 259 g/mol. The van der Waals surface area contributed by atoms with E-state index >= 15 is 0 Å². The molecule has 2 N–H and O–H groups in total. The predicted molar refractivity (Wildman–Crippen MR) is 80.8 cm³/mol. The number of allylic oxidation sites excluding steroid dienone is 4. The minimum absolute atomic E-state index is 0.383. The third-order valence-corrected chi connectivity index (χ3v) is 2.36. The van der Waals surface area contributed by atoms with Gasteiger partial charge < -0.3 is 10.6 Å². The highest BCUT2D eigenvalue weighted by Crippen LogP contribution is 2.13. The van der Waals surface area contributed by atoms with Crippen molar-refractivity contribution in [2.45, 2.75) is 0 Å². The molecule has 0 aliphatic rings. The van der Waals surface area contributed by atoms with Gasteiger partial charge in [-0.25, -0.2) is 9.38 Å². The average Bonchev–Trinajstić information content (AvgIpc) is 2.39. The summed E-state index contributed by atoms with van der Waals surface area (Å²) >= 11 is 0. The van der Waals surface area contributed by atoms with Crippen LogP contribution in [0.15, 0.2) is 59.5 Å². The second kappa shape index (κ2) is 7.87. The maximum atomic E-state index is 13.2. The van der Waals surface area contributed by atoms with Crippen LogP contribution in [0.5, 0.6) is 0 Å². The van der Waals surface area contributed by atoms with Crippen LogP contribution in [0.2, 0.25) is 0 Å². The molecular formula is C15H18FN3. The van der Waals surface area contributed by atoms with Crippen LogP contribution in [0.3, 0.4) is 0 Å². The molecule has 0 fully saturated rings. The highest BCUT2D eigenvalue weighted by molar-refractivity contribution is 5.56. The molecule has 100 valence electrons. The zero-order chi connectivity index (χ0) is 14.1. The molecule has 0 amide bonds. The molecule has 0 aliphatic heterocycles. The first-order valence-electron chi connectivity index (χ1n) is 5.84. The van der Waals surface area contributed by atoms with Crippen molar-refractivity contribution in [2.75, 3.05) is 19.0 Å². The second-order valence-corrected chi connectivity index (χ2v) is 4.01. The molecule has 0 saturated carbocycles. The quantitative estimate of drug-likeness (QED) is 0.501. The van der Waals surface area contributed by atoms with Crippen molar-refractivity contribution in [3.8, 4) is 0 Å². The van der Waals surface area contributed by atoms with E-state index in [2.05, 4.69) is 4.99 Å². The van der Waals surface area contributed by atoms with E-state index in [1.165, 1.54) is 18.4 Å². The Hall–Kier alpha value is -2.36. The zero-order valence-electron chi connectivity index (χ0n) is 11.1. The van der Waals surface area contributed by atoms with Crippen LogP contribution in [0.4, 0.5) is 10.1 Å². The summed E-state index contributed by atoms with van der Waals surface area (Å²) in [4.78, 5) is 5.59. The maximum Gasteiger partial charge on any atom is 0.124 e. The van der Waals surface area contributed by atoms with Gasteiger partial charge in [-0.1, -0.05) is 24.3 Å².